The van der Waals surface area contributed by atoms with Crippen LogP contribution in [0, 0.1) is 0 Å². The van der Waals surface area contributed by atoms with E-state index in [-0.39, 0.29) is 5.41 Å². The number of thiophene rings is 1. The van der Waals surface area contributed by atoms with Crippen LogP contribution in [-0.4, -0.2) is 9.97 Å². The molecule has 0 radical (unpaired) electrons. The van der Waals surface area contributed by atoms with Crippen LogP contribution in [-0.2, 0) is 5.41 Å². The Bertz CT molecular complexity index is 3190. The SMILES string of the molecule is CC1(C)c2ccccc2-c2cc(-c3cc(-c4cc(-c5cccc(-c6ccccc6)c5)cc(-c5ccc6sc7ccccc7c6c5)c4)nc(-c4ccccc4)n3)ccc21. The molecular formula is C55H38N2S. The maximum absolute atomic E-state index is 5.34. The predicted molar refractivity (Wildman–Crippen MR) is 245 cm³/mol. The highest BCUT2D eigenvalue weighted by molar-refractivity contribution is 7.25. The standard InChI is InChI=1S/C55H38N2S/c1-55(2)48-22-11-9-20-44(48)46-33-40(24-26-49(46)55)50-34-51(57-54(56-50)36-16-7-4-8-17-36)43-30-41(38-19-13-18-37(28-38)35-14-5-3-6-15-35)29-42(31-43)39-25-27-53-47(32-39)45-21-10-12-23-52(45)58-53/h3-34H,1-2H3. The average molecular weight is 759 g/mol. The van der Waals surface area contributed by atoms with E-state index in [1.807, 2.05) is 17.4 Å². The molecule has 2 nitrogen and oxygen atoms in total. The van der Waals surface area contributed by atoms with Crippen LogP contribution >= 0.6 is 11.3 Å². The summed E-state index contributed by atoms with van der Waals surface area (Å²) in [6.07, 6.45) is 0. The number of fused-ring (bicyclic) bond motifs is 6. The zero-order chi connectivity index (χ0) is 38.8. The van der Waals surface area contributed by atoms with E-state index in [4.69, 9.17) is 9.97 Å². The third kappa shape index (κ3) is 5.86. The summed E-state index contributed by atoms with van der Waals surface area (Å²) in [7, 11) is 0. The second kappa shape index (κ2) is 13.6. The molecule has 0 bridgehead atoms. The molecule has 0 atom stereocenters. The average Bonchev–Trinajstić information content (AvgIpc) is 3.77. The second-order valence-corrected chi connectivity index (χ2v) is 16.9. The number of hydrogen-bond acceptors (Lipinski definition) is 3. The van der Waals surface area contributed by atoms with E-state index in [1.165, 1.54) is 59.1 Å². The molecule has 58 heavy (non-hydrogen) atoms. The van der Waals surface area contributed by atoms with E-state index < -0.39 is 0 Å². The molecule has 1 aliphatic carbocycles. The fraction of sp³-hybridized carbons (Fsp3) is 0.0545. The van der Waals surface area contributed by atoms with Crippen molar-refractivity contribution in [3.63, 3.8) is 0 Å². The van der Waals surface area contributed by atoms with E-state index in [2.05, 4.69) is 202 Å². The number of benzene rings is 8. The predicted octanol–water partition coefficient (Wildman–Crippen LogP) is 15.2. The largest absolute Gasteiger partial charge is 0.228 e. The topological polar surface area (TPSA) is 25.8 Å². The number of hydrogen-bond donors (Lipinski definition) is 0. The van der Waals surface area contributed by atoms with Crippen LogP contribution in [0.5, 0.6) is 0 Å². The summed E-state index contributed by atoms with van der Waals surface area (Å²) >= 11 is 1.85. The Hall–Kier alpha value is -6.94. The first-order chi connectivity index (χ1) is 28.5. The van der Waals surface area contributed by atoms with Crippen molar-refractivity contribution in [1.82, 2.24) is 9.97 Å². The highest BCUT2D eigenvalue weighted by Gasteiger charge is 2.35. The van der Waals surface area contributed by atoms with Gasteiger partial charge < -0.3 is 0 Å². The quantitative estimate of drug-likeness (QED) is 0.169. The molecule has 11 rings (SSSR count). The van der Waals surface area contributed by atoms with Gasteiger partial charge in [0.2, 0.25) is 0 Å². The number of nitrogens with zero attached hydrogens (tertiary/aromatic N) is 2. The van der Waals surface area contributed by atoms with Gasteiger partial charge in [-0.2, -0.15) is 0 Å². The van der Waals surface area contributed by atoms with Crippen LogP contribution in [0.15, 0.2) is 194 Å². The van der Waals surface area contributed by atoms with Gasteiger partial charge in [-0.25, -0.2) is 9.97 Å². The van der Waals surface area contributed by atoms with Crippen LogP contribution in [0.1, 0.15) is 25.0 Å². The molecule has 0 fully saturated rings. The van der Waals surface area contributed by atoms with Crippen LogP contribution < -0.4 is 0 Å². The lowest BCUT2D eigenvalue weighted by atomic mass is 9.82. The molecule has 0 saturated heterocycles. The Morgan fingerprint density at radius 2 is 0.897 bits per heavy atom. The molecule has 8 aromatic carbocycles. The maximum Gasteiger partial charge on any atom is 0.160 e. The maximum atomic E-state index is 5.34. The van der Waals surface area contributed by atoms with Crippen molar-refractivity contribution >= 4 is 31.5 Å². The van der Waals surface area contributed by atoms with Gasteiger partial charge in [0.15, 0.2) is 5.82 Å². The van der Waals surface area contributed by atoms with E-state index in [1.54, 1.807) is 0 Å². The Morgan fingerprint density at radius 1 is 0.345 bits per heavy atom. The van der Waals surface area contributed by atoms with E-state index in [9.17, 15) is 0 Å². The Labute approximate surface area is 342 Å². The number of rotatable bonds is 6. The summed E-state index contributed by atoms with van der Waals surface area (Å²) in [5.74, 6) is 0.707. The molecule has 1 aliphatic rings. The first-order valence-corrected chi connectivity index (χ1v) is 20.7. The summed E-state index contributed by atoms with van der Waals surface area (Å²) in [6, 6.07) is 70.3. The molecule has 0 unspecified atom stereocenters. The van der Waals surface area contributed by atoms with E-state index >= 15 is 0 Å². The normalized spacial score (nSPS) is 12.8. The zero-order valence-electron chi connectivity index (χ0n) is 32.3. The van der Waals surface area contributed by atoms with Crippen molar-refractivity contribution in [1.29, 1.82) is 0 Å². The molecule has 10 aromatic rings. The molecule has 0 N–H and O–H groups in total. The molecule has 0 saturated carbocycles. The van der Waals surface area contributed by atoms with Crippen molar-refractivity contribution in [3.8, 4) is 78.4 Å². The third-order valence-corrected chi connectivity index (χ3v) is 13.0. The Balaban J connectivity index is 1.12. The number of aromatic nitrogens is 2. The van der Waals surface area contributed by atoms with Gasteiger partial charge in [-0.15, -0.1) is 11.3 Å². The lowest BCUT2D eigenvalue weighted by molar-refractivity contribution is 0.660. The minimum Gasteiger partial charge on any atom is -0.228 e. The minimum absolute atomic E-state index is 0.0660. The minimum atomic E-state index is -0.0660. The smallest absolute Gasteiger partial charge is 0.160 e. The zero-order valence-corrected chi connectivity index (χ0v) is 33.1. The molecule has 2 heterocycles. The fourth-order valence-electron chi connectivity index (χ4n) is 8.86. The van der Waals surface area contributed by atoms with E-state index in [0.717, 1.165) is 44.8 Å². The van der Waals surface area contributed by atoms with Gasteiger partial charge >= 0.3 is 0 Å². The molecule has 0 spiro atoms. The van der Waals surface area contributed by atoms with Gasteiger partial charge in [-0.1, -0.05) is 153 Å². The van der Waals surface area contributed by atoms with Gasteiger partial charge in [0.1, 0.15) is 0 Å². The van der Waals surface area contributed by atoms with Crippen molar-refractivity contribution in [3.05, 3.63) is 205 Å². The lowest BCUT2D eigenvalue weighted by Gasteiger charge is -2.21. The molecule has 2 aromatic heterocycles. The second-order valence-electron chi connectivity index (χ2n) is 15.8. The van der Waals surface area contributed by atoms with Crippen LogP contribution in [0.2, 0.25) is 0 Å². The molecule has 0 aliphatic heterocycles. The first-order valence-electron chi connectivity index (χ1n) is 19.9. The van der Waals surface area contributed by atoms with Crippen molar-refractivity contribution in [2.24, 2.45) is 0 Å². The summed E-state index contributed by atoms with van der Waals surface area (Å²) in [5.41, 5.74) is 17.1. The molecule has 0 amide bonds. The van der Waals surface area contributed by atoms with Gasteiger partial charge in [0, 0.05) is 42.3 Å². The van der Waals surface area contributed by atoms with Crippen LogP contribution in [0.3, 0.4) is 0 Å². The molecular weight excluding hydrogens is 721 g/mol. The van der Waals surface area contributed by atoms with Gasteiger partial charge in [0.05, 0.1) is 11.4 Å². The highest BCUT2D eigenvalue weighted by Crippen LogP contribution is 2.49. The van der Waals surface area contributed by atoms with Crippen LogP contribution in [0.25, 0.3) is 98.6 Å². The third-order valence-electron chi connectivity index (χ3n) is 11.9. The van der Waals surface area contributed by atoms with Gasteiger partial charge in [0.25, 0.3) is 0 Å². The lowest BCUT2D eigenvalue weighted by Crippen LogP contribution is -2.14. The summed E-state index contributed by atoms with van der Waals surface area (Å²) in [5, 5.41) is 2.58. The van der Waals surface area contributed by atoms with Crippen molar-refractivity contribution < 1.29 is 0 Å². The fourth-order valence-corrected chi connectivity index (χ4v) is 9.95. The molecule has 274 valence electrons. The molecule has 3 heteroatoms. The Kier molecular flexibility index (Phi) is 8.06. The monoisotopic (exact) mass is 758 g/mol. The summed E-state index contributed by atoms with van der Waals surface area (Å²) < 4.78 is 2.60. The van der Waals surface area contributed by atoms with Crippen LogP contribution in [0.4, 0.5) is 0 Å². The van der Waals surface area contributed by atoms with Crippen molar-refractivity contribution in [2.45, 2.75) is 19.3 Å². The highest BCUT2D eigenvalue weighted by atomic mass is 32.1. The van der Waals surface area contributed by atoms with Gasteiger partial charge in [-0.3, -0.25) is 0 Å². The van der Waals surface area contributed by atoms with Crippen molar-refractivity contribution in [2.75, 3.05) is 0 Å². The van der Waals surface area contributed by atoms with E-state index in [0.29, 0.717) is 5.82 Å². The summed E-state index contributed by atoms with van der Waals surface area (Å²) in [6.45, 7) is 4.65. The first kappa shape index (κ1) is 34.3. The summed E-state index contributed by atoms with van der Waals surface area (Å²) in [4.78, 5) is 10.6. The Morgan fingerprint density at radius 3 is 1.69 bits per heavy atom. The van der Waals surface area contributed by atoms with Gasteiger partial charge in [-0.05, 0) is 110 Å².